The summed E-state index contributed by atoms with van der Waals surface area (Å²) in [6.45, 7) is 1.97. The van der Waals surface area contributed by atoms with Crippen molar-refractivity contribution in [2.45, 2.75) is 24.4 Å². The highest BCUT2D eigenvalue weighted by Crippen LogP contribution is 2.24. The molecule has 0 radical (unpaired) electrons. The summed E-state index contributed by atoms with van der Waals surface area (Å²) in [6.07, 6.45) is 2.81. The van der Waals surface area contributed by atoms with E-state index in [-0.39, 0.29) is 16.5 Å². The van der Waals surface area contributed by atoms with Crippen molar-refractivity contribution in [2.24, 2.45) is 0 Å². The largest absolute Gasteiger partial charge is 0.350 e. The molecule has 3 rings (SSSR count). The lowest BCUT2D eigenvalue weighted by Gasteiger charge is -2.13. The van der Waals surface area contributed by atoms with Crippen molar-refractivity contribution < 1.29 is 18.0 Å². The van der Waals surface area contributed by atoms with Crippen molar-refractivity contribution in [1.29, 1.82) is 0 Å². The van der Waals surface area contributed by atoms with Gasteiger partial charge in [-0.1, -0.05) is 66.2 Å². The molecule has 9 heteroatoms. The molecule has 7 nitrogen and oxygen atoms in total. The highest BCUT2D eigenvalue weighted by molar-refractivity contribution is 7.92. The molecule has 0 heterocycles. The molecule has 0 spiro atoms. The lowest BCUT2D eigenvalue weighted by atomic mass is 10.2. The van der Waals surface area contributed by atoms with Gasteiger partial charge in [-0.25, -0.2) is 8.42 Å². The molecular weight excluding hydrogens is 474 g/mol. The van der Waals surface area contributed by atoms with E-state index in [1.165, 1.54) is 24.3 Å². The minimum Gasteiger partial charge on any atom is -0.350 e. The van der Waals surface area contributed by atoms with E-state index in [0.717, 1.165) is 5.56 Å². The average Bonchev–Trinajstić information content (AvgIpc) is 2.83. The second-order valence-electron chi connectivity index (χ2n) is 7.42. The summed E-state index contributed by atoms with van der Waals surface area (Å²) in [5.41, 5.74) is 1.86. The van der Waals surface area contributed by atoms with Gasteiger partial charge >= 0.3 is 0 Å². The predicted octanol–water partition coefficient (Wildman–Crippen LogP) is 3.98. The van der Waals surface area contributed by atoms with Crippen LogP contribution in [-0.4, -0.2) is 26.3 Å². The fourth-order valence-electron chi connectivity index (χ4n) is 2.94. The topological polar surface area (TPSA) is 104 Å². The van der Waals surface area contributed by atoms with Gasteiger partial charge in [-0.05, 0) is 48.4 Å². The van der Waals surface area contributed by atoms with E-state index >= 15 is 0 Å². The first kappa shape index (κ1) is 25.0. The molecule has 0 aliphatic heterocycles. The standard InChI is InChI=1S/C25H24ClN3O4S/c1-18(25(31)27-17-20-7-3-2-4-8-20)28-24(30)16-13-19-11-14-21(15-12-19)34(32,33)29-23-10-6-5-9-22(23)26/h2-16,18,29H,17H2,1H3,(H,27,31)(H,28,30)/b16-13+. The minimum atomic E-state index is -3.82. The molecule has 0 saturated heterocycles. The van der Waals surface area contributed by atoms with E-state index in [0.29, 0.717) is 17.1 Å². The van der Waals surface area contributed by atoms with E-state index in [1.54, 1.807) is 43.3 Å². The first-order chi connectivity index (χ1) is 16.2. The van der Waals surface area contributed by atoms with Crippen molar-refractivity contribution in [3.8, 4) is 0 Å². The Bertz CT molecular complexity index is 1280. The van der Waals surface area contributed by atoms with Gasteiger partial charge in [-0.2, -0.15) is 0 Å². The molecule has 1 unspecified atom stereocenters. The maximum Gasteiger partial charge on any atom is 0.261 e. The van der Waals surface area contributed by atoms with Crippen LogP contribution in [0.2, 0.25) is 5.02 Å². The van der Waals surface area contributed by atoms with Gasteiger partial charge in [0.25, 0.3) is 10.0 Å². The highest BCUT2D eigenvalue weighted by Gasteiger charge is 2.16. The van der Waals surface area contributed by atoms with E-state index in [4.69, 9.17) is 11.6 Å². The Morgan fingerprint density at radius 2 is 1.59 bits per heavy atom. The number of carbonyl (C=O) groups excluding carboxylic acids is 2. The Morgan fingerprint density at radius 1 is 0.941 bits per heavy atom. The first-order valence-corrected chi connectivity index (χ1v) is 12.3. The van der Waals surface area contributed by atoms with E-state index in [2.05, 4.69) is 15.4 Å². The van der Waals surface area contributed by atoms with E-state index < -0.39 is 22.0 Å². The lowest BCUT2D eigenvalue weighted by molar-refractivity contribution is -0.126. The molecule has 3 N–H and O–H groups in total. The summed E-state index contributed by atoms with van der Waals surface area (Å²) in [5, 5.41) is 5.66. The molecule has 34 heavy (non-hydrogen) atoms. The highest BCUT2D eigenvalue weighted by atomic mass is 35.5. The van der Waals surface area contributed by atoms with Gasteiger partial charge in [-0.3, -0.25) is 14.3 Å². The van der Waals surface area contributed by atoms with Crippen molar-refractivity contribution in [3.63, 3.8) is 0 Å². The van der Waals surface area contributed by atoms with Crippen LogP contribution in [0.3, 0.4) is 0 Å². The van der Waals surface area contributed by atoms with Crippen LogP contribution in [0.25, 0.3) is 6.08 Å². The van der Waals surface area contributed by atoms with Crippen molar-refractivity contribution in [2.75, 3.05) is 4.72 Å². The van der Waals surface area contributed by atoms with Crippen molar-refractivity contribution >= 4 is 45.2 Å². The van der Waals surface area contributed by atoms with Crippen LogP contribution in [0, 0.1) is 0 Å². The molecule has 0 fully saturated rings. The number of carbonyl (C=O) groups is 2. The maximum absolute atomic E-state index is 12.6. The van der Waals surface area contributed by atoms with Crippen molar-refractivity contribution in [3.05, 3.63) is 101 Å². The molecule has 0 bridgehead atoms. The van der Waals surface area contributed by atoms with Gasteiger partial charge < -0.3 is 10.6 Å². The predicted molar refractivity (Wildman–Crippen MR) is 134 cm³/mol. The van der Waals surface area contributed by atoms with Gasteiger partial charge in [0.15, 0.2) is 0 Å². The van der Waals surface area contributed by atoms with Crippen LogP contribution >= 0.6 is 11.6 Å². The number of rotatable bonds is 9. The average molecular weight is 498 g/mol. The smallest absolute Gasteiger partial charge is 0.261 e. The third kappa shape index (κ3) is 7.19. The summed E-state index contributed by atoms with van der Waals surface area (Å²) in [5.74, 6) is -0.745. The Labute approximate surface area is 203 Å². The summed E-state index contributed by atoms with van der Waals surface area (Å²) < 4.78 is 27.6. The molecule has 176 valence electrons. The summed E-state index contributed by atoms with van der Waals surface area (Å²) in [6, 6.07) is 21.3. The number of amides is 2. The Balaban J connectivity index is 1.53. The normalized spacial score (nSPS) is 12.2. The molecular formula is C25H24ClN3O4S. The lowest BCUT2D eigenvalue weighted by Crippen LogP contribution is -2.44. The number of hydrogen-bond acceptors (Lipinski definition) is 4. The number of hydrogen-bond donors (Lipinski definition) is 3. The molecule has 0 aromatic heterocycles. The van der Waals surface area contributed by atoms with Crippen LogP contribution < -0.4 is 15.4 Å². The maximum atomic E-state index is 12.6. The Kier molecular flexibility index (Phi) is 8.45. The zero-order valence-corrected chi connectivity index (χ0v) is 19.9. The molecule has 0 aliphatic carbocycles. The number of sulfonamides is 1. The molecule has 2 amide bonds. The quantitative estimate of drug-likeness (QED) is 0.389. The summed E-state index contributed by atoms with van der Waals surface area (Å²) in [4.78, 5) is 24.4. The third-order valence-corrected chi connectivity index (χ3v) is 6.51. The number of benzene rings is 3. The summed E-state index contributed by atoms with van der Waals surface area (Å²) >= 11 is 6.02. The van der Waals surface area contributed by atoms with Gasteiger partial charge in [-0.15, -0.1) is 0 Å². The molecule has 3 aromatic rings. The van der Waals surface area contributed by atoms with Gasteiger partial charge in [0, 0.05) is 12.6 Å². The second-order valence-corrected chi connectivity index (χ2v) is 9.51. The summed E-state index contributed by atoms with van der Waals surface area (Å²) in [7, 11) is -3.82. The number of nitrogens with one attached hydrogen (secondary N) is 3. The van der Waals surface area contributed by atoms with E-state index in [9.17, 15) is 18.0 Å². The molecule has 0 aliphatic rings. The minimum absolute atomic E-state index is 0.0535. The number of para-hydroxylation sites is 1. The Morgan fingerprint density at radius 3 is 2.26 bits per heavy atom. The molecule has 1 atom stereocenters. The van der Waals surface area contributed by atoms with E-state index in [1.807, 2.05) is 30.3 Å². The number of halogens is 1. The fraction of sp³-hybridized carbons (Fsp3) is 0.120. The Hall–Kier alpha value is -3.62. The van der Waals surface area contributed by atoms with Crippen LogP contribution in [0.15, 0.2) is 89.8 Å². The first-order valence-electron chi connectivity index (χ1n) is 10.4. The molecule has 0 saturated carbocycles. The zero-order chi connectivity index (χ0) is 24.6. The SMILES string of the molecule is CC(NC(=O)/C=C/c1ccc(S(=O)(=O)Nc2ccccc2Cl)cc1)C(=O)NCc1ccccc1. The molecule has 3 aromatic carbocycles. The van der Waals surface area contributed by atoms with Crippen LogP contribution in [0.5, 0.6) is 0 Å². The second kappa shape index (κ2) is 11.5. The van der Waals surface area contributed by atoms with Crippen LogP contribution in [0.1, 0.15) is 18.1 Å². The monoisotopic (exact) mass is 497 g/mol. The van der Waals surface area contributed by atoms with Gasteiger partial charge in [0.1, 0.15) is 6.04 Å². The number of anilines is 1. The third-order valence-electron chi connectivity index (χ3n) is 4.80. The zero-order valence-electron chi connectivity index (χ0n) is 18.4. The fourth-order valence-corrected chi connectivity index (χ4v) is 4.26. The van der Waals surface area contributed by atoms with Crippen LogP contribution in [-0.2, 0) is 26.2 Å². The van der Waals surface area contributed by atoms with Crippen LogP contribution in [0.4, 0.5) is 5.69 Å². The van der Waals surface area contributed by atoms with Gasteiger partial charge in [0.05, 0.1) is 15.6 Å². The van der Waals surface area contributed by atoms with Crippen molar-refractivity contribution in [1.82, 2.24) is 10.6 Å². The van der Waals surface area contributed by atoms with Gasteiger partial charge in [0.2, 0.25) is 11.8 Å².